The Hall–Kier alpha value is -5.52. The molecule has 0 N–H and O–H groups in total. The lowest BCUT2D eigenvalue weighted by atomic mass is 9.40. The van der Waals surface area contributed by atoms with Crippen LogP contribution in [0.2, 0.25) is 0 Å². The molecule has 5 heteroatoms. The van der Waals surface area contributed by atoms with Crippen molar-refractivity contribution in [2.24, 2.45) is 0 Å². The largest absolute Gasteiger partial charge is 0.484 e. The zero-order valence-electron chi connectivity index (χ0n) is 37.9. The summed E-state index contributed by atoms with van der Waals surface area (Å²) in [4.78, 5) is 5.72. The molecule has 1 saturated carbocycles. The molecule has 6 aromatic carbocycles. The maximum atomic E-state index is 7.39. The van der Waals surface area contributed by atoms with E-state index in [4.69, 9.17) is 4.74 Å². The number of hydrogen-bond donors (Lipinski definition) is 0. The molecule has 4 unspecified atom stereocenters. The fourth-order valence-electron chi connectivity index (χ4n) is 13.0. The summed E-state index contributed by atoms with van der Waals surface area (Å²) >= 11 is 1.92. The second-order valence-corrected chi connectivity index (χ2v) is 23.0. The van der Waals surface area contributed by atoms with Crippen LogP contribution in [0.3, 0.4) is 0 Å². The number of benzene rings is 6. The van der Waals surface area contributed by atoms with Crippen LogP contribution < -0.4 is 19.9 Å². The molecule has 0 amide bonds. The summed E-state index contributed by atoms with van der Waals surface area (Å²) < 4.78 is 10.1. The monoisotopic (exact) mass is 838 g/mol. The van der Waals surface area contributed by atoms with Crippen LogP contribution in [0.4, 0.5) is 17.1 Å². The number of allylic oxidation sites excluding steroid dienone is 1. The van der Waals surface area contributed by atoms with Crippen LogP contribution in [0.5, 0.6) is 5.75 Å². The number of thiophene rings is 1. The third-order valence-electron chi connectivity index (χ3n) is 16.5. The number of hydrogen-bond acceptors (Lipinski definition) is 4. The molecule has 0 saturated heterocycles. The fraction of sp³-hybridized carbons (Fsp3) is 0.310. The highest BCUT2D eigenvalue weighted by atomic mass is 32.1. The van der Waals surface area contributed by atoms with Gasteiger partial charge in [0.15, 0.2) is 0 Å². The third kappa shape index (κ3) is 4.93. The van der Waals surface area contributed by atoms with Crippen LogP contribution in [0.15, 0.2) is 139 Å². The lowest BCUT2D eigenvalue weighted by Crippen LogP contribution is -2.63. The minimum absolute atomic E-state index is 0.00928. The van der Waals surface area contributed by atoms with Crippen LogP contribution in [0, 0.1) is 0 Å². The Kier molecular flexibility index (Phi) is 7.60. The van der Waals surface area contributed by atoms with E-state index < -0.39 is 0 Å². The number of ether oxygens (including phenoxy) is 1. The first-order valence-electron chi connectivity index (χ1n) is 23.4. The van der Waals surface area contributed by atoms with Gasteiger partial charge in [-0.1, -0.05) is 146 Å². The first-order chi connectivity index (χ1) is 30.3. The summed E-state index contributed by atoms with van der Waals surface area (Å²) in [5.74, 6) is 1.12. The van der Waals surface area contributed by atoms with Gasteiger partial charge in [-0.25, -0.2) is 0 Å². The van der Waals surface area contributed by atoms with Crippen molar-refractivity contribution < 1.29 is 4.74 Å². The van der Waals surface area contributed by atoms with E-state index in [2.05, 4.69) is 193 Å². The average Bonchev–Trinajstić information content (AvgIpc) is 3.91. The van der Waals surface area contributed by atoms with Gasteiger partial charge in [-0.15, -0.1) is 11.3 Å². The Labute approximate surface area is 377 Å². The van der Waals surface area contributed by atoms with E-state index in [1.54, 1.807) is 5.56 Å². The number of anilines is 3. The molecular weight excluding hydrogens is 784 g/mol. The SMILES string of the molecule is CC(C)(C)c1ccc(N2B3C4=C(c5c2ccc2sc6ccccc6c52)C2Oc5ccccc5C2C=C4N2c4c3cc(C(C)(C)C)cc4C3(C)CCCCC23C)c(-c2ccccc2)c1. The Morgan fingerprint density at radius 3 is 2.25 bits per heavy atom. The van der Waals surface area contributed by atoms with Crippen molar-refractivity contribution in [3.05, 3.63) is 166 Å². The fourth-order valence-corrected chi connectivity index (χ4v) is 14.1. The molecule has 312 valence electrons. The second kappa shape index (κ2) is 12.6. The van der Waals surface area contributed by atoms with Crippen molar-refractivity contribution in [2.75, 3.05) is 9.71 Å². The molecule has 4 aliphatic heterocycles. The van der Waals surface area contributed by atoms with Gasteiger partial charge in [0.1, 0.15) is 11.9 Å². The van der Waals surface area contributed by atoms with Crippen LogP contribution in [0.25, 0.3) is 36.9 Å². The van der Waals surface area contributed by atoms with Crippen molar-refractivity contribution in [1.82, 2.24) is 0 Å². The second-order valence-electron chi connectivity index (χ2n) is 21.9. The standard InChI is InChI=1S/C58H55BN2OS/c1-55(2,3)35-24-25-43(39(30-35)34-18-10-9-11-19-34)61-44-26-27-48-49(38-21-13-15-23-47(38)63-48)50(44)51-52-45(33-40-37-20-12-14-22-46(37)62-54(40)51)60-53-41(57(7)28-16-17-29-58(57,60)8)31-36(56(4,5)6)32-42(53)59(52)61/h9-15,18-27,30-33,40,54H,16-17,28-29H2,1-8H3. The molecule has 5 heterocycles. The Balaban J connectivity index is 1.23. The van der Waals surface area contributed by atoms with E-state index in [0.717, 1.165) is 5.75 Å². The van der Waals surface area contributed by atoms with Gasteiger partial charge in [-0.3, -0.25) is 0 Å². The maximum absolute atomic E-state index is 7.39. The van der Waals surface area contributed by atoms with Gasteiger partial charge in [0.25, 0.3) is 0 Å². The summed E-state index contributed by atoms with van der Waals surface area (Å²) in [6.07, 6.45) is 7.40. The smallest absolute Gasteiger partial charge is 0.332 e. The van der Waals surface area contributed by atoms with Crippen molar-refractivity contribution in [1.29, 1.82) is 0 Å². The third-order valence-corrected chi connectivity index (χ3v) is 17.6. The molecule has 7 aromatic rings. The van der Waals surface area contributed by atoms with E-state index in [1.165, 1.54) is 119 Å². The molecule has 6 aliphatic rings. The van der Waals surface area contributed by atoms with Gasteiger partial charge < -0.3 is 14.4 Å². The molecule has 0 radical (unpaired) electrons. The van der Waals surface area contributed by atoms with Gasteiger partial charge in [0, 0.05) is 76.5 Å². The van der Waals surface area contributed by atoms with E-state index in [9.17, 15) is 0 Å². The Morgan fingerprint density at radius 2 is 1.44 bits per heavy atom. The highest BCUT2D eigenvalue weighted by Crippen LogP contribution is 2.66. The highest BCUT2D eigenvalue weighted by Gasteiger charge is 2.64. The molecule has 0 spiro atoms. The van der Waals surface area contributed by atoms with Crippen LogP contribution in [0.1, 0.15) is 115 Å². The molecule has 2 aliphatic carbocycles. The summed E-state index contributed by atoms with van der Waals surface area (Å²) in [7, 11) is 0. The number of nitrogens with zero attached hydrogens (tertiary/aromatic N) is 2. The minimum Gasteiger partial charge on any atom is -0.484 e. The molecule has 63 heavy (non-hydrogen) atoms. The number of para-hydroxylation sites is 1. The van der Waals surface area contributed by atoms with Crippen molar-refractivity contribution in [3.63, 3.8) is 0 Å². The van der Waals surface area contributed by atoms with E-state index in [0.29, 0.717) is 0 Å². The Morgan fingerprint density at radius 1 is 0.714 bits per heavy atom. The molecular formula is C58H55BN2OS. The van der Waals surface area contributed by atoms with E-state index in [-0.39, 0.29) is 40.7 Å². The van der Waals surface area contributed by atoms with Crippen LogP contribution in [-0.4, -0.2) is 18.5 Å². The predicted octanol–water partition coefficient (Wildman–Crippen LogP) is 14.5. The maximum Gasteiger partial charge on any atom is 0.332 e. The zero-order valence-corrected chi connectivity index (χ0v) is 38.7. The summed E-state index contributed by atoms with van der Waals surface area (Å²) in [5, 5.41) is 2.69. The summed E-state index contributed by atoms with van der Waals surface area (Å²) in [6.45, 7) is 19.4. The molecule has 4 atom stereocenters. The first-order valence-corrected chi connectivity index (χ1v) is 24.2. The predicted molar refractivity (Wildman–Crippen MR) is 268 cm³/mol. The van der Waals surface area contributed by atoms with Gasteiger partial charge in [-0.05, 0) is 106 Å². The van der Waals surface area contributed by atoms with Crippen molar-refractivity contribution >= 4 is 66.5 Å². The molecule has 13 rings (SSSR count). The van der Waals surface area contributed by atoms with Gasteiger partial charge in [-0.2, -0.15) is 0 Å². The van der Waals surface area contributed by atoms with Crippen LogP contribution in [-0.2, 0) is 16.2 Å². The normalized spacial score (nSPS) is 24.1. The molecule has 1 aromatic heterocycles. The zero-order chi connectivity index (χ0) is 42.9. The minimum atomic E-state index is -0.148. The lowest BCUT2D eigenvalue weighted by molar-refractivity contribution is 0.191. The lowest BCUT2D eigenvalue weighted by Gasteiger charge is -2.55. The average molecular weight is 839 g/mol. The van der Waals surface area contributed by atoms with E-state index >= 15 is 0 Å². The molecule has 3 nitrogen and oxygen atoms in total. The van der Waals surface area contributed by atoms with Crippen molar-refractivity contribution in [2.45, 2.75) is 115 Å². The molecule has 0 bridgehead atoms. The summed E-state index contributed by atoms with van der Waals surface area (Å²) in [5.41, 5.74) is 19.0. The Bertz CT molecular complexity index is 3200. The van der Waals surface area contributed by atoms with Gasteiger partial charge >= 0.3 is 6.85 Å². The topological polar surface area (TPSA) is 15.7 Å². The highest BCUT2D eigenvalue weighted by molar-refractivity contribution is 7.25. The molecule has 1 fully saturated rings. The summed E-state index contributed by atoms with van der Waals surface area (Å²) in [6, 6.07) is 46.7. The van der Waals surface area contributed by atoms with Gasteiger partial charge in [0.05, 0.1) is 5.54 Å². The number of fused-ring (bicyclic) bond motifs is 15. The van der Waals surface area contributed by atoms with Crippen LogP contribution >= 0.6 is 11.3 Å². The van der Waals surface area contributed by atoms with Crippen molar-refractivity contribution in [3.8, 4) is 16.9 Å². The quantitative estimate of drug-likeness (QED) is 0.161. The number of rotatable bonds is 2. The van der Waals surface area contributed by atoms with Gasteiger partial charge in [0.2, 0.25) is 0 Å². The first kappa shape index (κ1) is 38.0. The van der Waals surface area contributed by atoms with E-state index in [1.807, 2.05) is 11.3 Å².